The Labute approximate surface area is 136 Å². The van der Waals surface area contributed by atoms with Gasteiger partial charge in [-0.15, -0.1) is 0 Å². The number of rotatable bonds is 5. The van der Waals surface area contributed by atoms with Crippen LogP contribution in [0.2, 0.25) is 10.0 Å². The molecule has 0 spiro atoms. The molecular weight excluding hydrogens is 327 g/mol. The maximum atomic E-state index is 11.1. The molecule has 114 valence electrons. The first kappa shape index (κ1) is 15.0. The number of halogens is 2. The minimum absolute atomic E-state index is 0.197. The van der Waals surface area contributed by atoms with Crippen LogP contribution in [0, 0.1) is 0 Å². The number of para-hydroxylation sites is 1. The van der Waals surface area contributed by atoms with Crippen LogP contribution in [-0.4, -0.2) is 23.5 Å². The van der Waals surface area contributed by atoms with Crippen LogP contribution in [-0.2, 0) is 4.74 Å². The molecule has 1 aliphatic heterocycles. The second-order valence-corrected chi connectivity index (χ2v) is 5.65. The van der Waals surface area contributed by atoms with Crippen molar-refractivity contribution < 1.29 is 14.6 Å². The lowest BCUT2D eigenvalue weighted by Crippen LogP contribution is -2.15. The Balaban J connectivity index is 1.65. The van der Waals surface area contributed by atoms with Crippen LogP contribution in [0.4, 0.5) is 11.4 Å². The number of benzene rings is 2. The molecule has 1 fully saturated rings. The van der Waals surface area contributed by atoms with E-state index in [4.69, 9.17) is 33.0 Å². The summed E-state index contributed by atoms with van der Waals surface area (Å²) in [7, 11) is 0. The van der Waals surface area contributed by atoms with Crippen LogP contribution in [0.3, 0.4) is 0 Å². The van der Waals surface area contributed by atoms with Gasteiger partial charge in [0.2, 0.25) is 0 Å². The van der Waals surface area contributed by atoms with Gasteiger partial charge in [-0.2, -0.15) is 0 Å². The standard InChI is InChI=1S/C15H12Cl2N2O3/c16-8-5-9(17)7-10(6-8)18-13-14(22-13)19-12-4-2-1-3-11(12)15(20)21/h1-7,13-14,18-19H,(H,20,21). The summed E-state index contributed by atoms with van der Waals surface area (Å²) in [5.74, 6) is -0.991. The fourth-order valence-electron chi connectivity index (χ4n) is 2.08. The van der Waals surface area contributed by atoms with Crippen molar-refractivity contribution in [3.05, 3.63) is 58.1 Å². The fraction of sp³-hybridized carbons (Fsp3) is 0.133. The van der Waals surface area contributed by atoms with E-state index >= 15 is 0 Å². The Bertz CT molecular complexity index is 703. The van der Waals surface area contributed by atoms with Gasteiger partial charge in [0.05, 0.1) is 11.3 Å². The smallest absolute Gasteiger partial charge is 0.337 e. The Morgan fingerprint density at radius 3 is 2.36 bits per heavy atom. The highest BCUT2D eigenvalue weighted by Crippen LogP contribution is 2.30. The third-order valence-electron chi connectivity index (χ3n) is 3.12. The molecule has 3 N–H and O–H groups in total. The predicted molar refractivity (Wildman–Crippen MR) is 85.8 cm³/mol. The average molecular weight is 339 g/mol. The molecule has 0 saturated carbocycles. The molecule has 2 aromatic carbocycles. The summed E-state index contributed by atoms with van der Waals surface area (Å²) >= 11 is 11.9. The highest BCUT2D eigenvalue weighted by Gasteiger charge is 2.39. The molecule has 3 rings (SSSR count). The first-order valence-corrected chi connectivity index (χ1v) is 7.25. The van der Waals surface area contributed by atoms with Crippen molar-refractivity contribution in [2.24, 2.45) is 0 Å². The van der Waals surface area contributed by atoms with Gasteiger partial charge >= 0.3 is 5.97 Å². The Hall–Kier alpha value is -1.95. The predicted octanol–water partition coefficient (Wildman–Crippen LogP) is 3.90. The number of carboxylic acids is 1. The number of ether oxygens (including phenoxy) is 1. The van der Waals surface area contributed by atoms with Gasteiger partial charge in [0.1, 0.15) is 0 Å². The van der Waals surface area contributed by atoms with E-state index in [2.05, 4.69) is 10.6 Å². The molecule has 22 heavy (non-hydrogen) atoms. The number of nitrogens with one attached hydrogen (secondary N) is 2. The zero-order valence-corrected chi connectivity index (χ0v) is 12.7. The van der Waals surface area contributed by atoms with E-state index in [-0.39, 0.29) is 18.0 Å². The fourth-order valence-corrected chi connectivity index (χ4v) is 2.61. The lowest BCUT2D eigenvalue weighted by atomic mass is 10.2. The number of anilines is 2. The van der Waals surface area contributed by atoms with E-state index in [0.29, 0.717) is 15.7 Å². The van der Waals surface area contributed by atoms with Gasteiger partial charge in [-0.3, -0.25) is 0 Å². The van der Waals surface area contributed by atoms with Crippen LogP contribution in [0.5, 0.6) is 0 Å². The second-order valence-electron chi connectivity index (χ2n) is 4.77. The Kier molecular flexibility index (Phi) is 4.11. The van der Waals surface area contributed by atoms with Gasteiger partial charge in [-0.1, -0.05) is 35.3 Å². The van der Waals surface area contributed by atoms with Crippen molar-refractivity contribution in [1.82, 2.24) is 0 Å². The highest BCUT2D eigenvalue weighted by atomic mass is 35.5. The third-order valence-corrected chi connectivity index (χ3v) is 3.55. The van der Waals surface area contributed by atoms with E-state index in [1.54, 1.807) is 36.4 Å². The van der Waals surface area contributed by atoms with E-state index in [1.165, 1.54) is 6.07 Å². The van der Waals surface area contributed by atoms with E-state index in [1.807, 2.05) is 0 Å². The van der Waals surface area contributed by atoms with Crippen molar-refractivity contribution >= 4 is 40.5 Å². The topological polar surface area (TPSA) is 73.9 Å². The van der Waals surface area contributed by atoms with Crippen LogP contribution in [0.1, 0.15) is 10.4 Å². The number of aromatic carboxylic acids is 1. The van der Waals surface area contributed by atoms with Gasteiger partial charge in [0.25, 0.3) is 0 Å². The van der Waals surface area contributed by atoms with E-state index in [0.717, 1.165) is 5.69 Å². The average Bonchev–Trinajstić information content (AvgIpc) is 3.15. The number of carbonyl (C=O) groups is 1. The quantitative estimate of drug-likeness (QED) is 0.721. The van der Waals surface area contributed by atoms with E-state index < -0.39 is 5.97 Å². The van der Waals surface area contributed by atoms with Gasteiger partial charge in [-0.25, -0.2) is 4.79 Å². The molecule has 2 unspecified atom stereocenters. The molecule has 1 heterocycles. The summed E-state index contributed by atoms with van der Waals surface area (Å²) in [4.78, 5) is 11.1. The minimum atomic E-state index is -0.991. The molecule has 0 amide bonds. The normalized spacial score (nSPS) is 19.5. The summed E-state index contributed by atoms with van der Waals surface area (Å²) in [6.45, 7) is 0. The molecule has 0 aromatic heterocycles. The SMILES string of the molecule is O=C(O)c1ccccc1NC1OC1Nc1cc(Cl)cc(Cl)c1. The maximum absolute atomic E-state index is 11.1. The van der Waals surface area contributed by atoms with Crippen molar-refractivity contribution in [3.63, 3.8) is 0 Å². The highest BCUT2D eigenvalue weighted by molar-refractivity contribution is 6.35. The summed E-state index contributed by atoms with van der Waals surface area (Å²) in [5.41, 5.74) is 1.44. The Morgan fingerprint density at radius 2 is 1.68 bits per heavy atom. The number of carboxylic acid groups (broad SMARTS) is 1. The van der Waals surface area contributed by atoms with Gasteiger partial charge in [0.15, 0.2) is 12.5 Å². The minimum Gasteiger partial charge on any atom is -0.478 e. The summed E-state index contributed by atoms with van der Waals surface area (Å²) in [6, 6.07) is 11.8. The summed E-state index contributed by atoms with van der Waals surface area (Å²) in [6.07, 6.45) is -0.602. The molecule has 1 aliphatic rings. The van der Waals surface area contributed by atoms with Crippen LogP contribution in [0.25, 0.3) is 0 Å². The first-order chi connectivity index (χ1) is 10.5. The molecular formula is C15H12Cl2N2O3. The number of epoxide rings is 1. The zero-order valence-electron chi connectivity index (χ0n) is 11.2. The molecule has 2 aromatic rings. The van der Waals surface area contributed by atoms with Gasteiger partial charge < -0.3 is 20.5 Å². The first-order valence-electron chi connectivity index (χ1n) is 6.50. The zero-order chi connectivity index (χ0) is 15.7. The lowest BCUT2D eigenvalue weighted by molar-refractivity contribution is 0.0698. The maximum Gasteiger partial charge on any atom is 0.337 e. The van der Waals surface area contributed by atoms with Crippen LogP contribution < -0.4 is 10.6 Å². The molecule has 0 aliphatic carbocycles. The summed E-state index contributed by atoms with van der Waals surface area (Å²) < 4.78 is 5.44. The molecule has 2 atom stereocenters. The van der Waals surface area contributed by atoms with Crippen LogP contribution >= 0.6 is 23.2 Å². The molecule has 7 heteroatoms. The second kappa shape index (κ2) is 6.04. The number of hydrogen-bond donors (Lipinski definition) is 3. The molecule has 1 saturated heterocycles. The van der Waals surface area contributed by atoms with Crippen molar-refractivity contribution in [1.29, 1.82) is 0 Å². The van der Waals surface area contributed by atoms with Crippen molar-refractivity contribution in [3.8, 4) is 0 Å². The van der Waals surface area contributed by atoms with E-state index in [9.17, 15) is 4.79 Å². The van der Waals surface area contributed by atoms with Crippen molar-refractivity contribution in [2.75, 3.05) is 10.6 Å². The third kappa shape index (κ3) is 3.44. The van der Waals surface area contributed by atoms with Gasteiger partial charge in [-0.05, 0) is 30.3 Å². The van der Waals surface area contributed by atoms with Crippen LogP contribution in [0.15, 0.2) is 42.5 Å². The van der Waals surface area contributed by atoms with Gasteiger partial charge in [0, 0.05) is 15.7 Å². The lowest BCUT2D eigenvalue weighted by Gasteiger charge is -2.08. The molecule has 0 bridgehead atoms. The van der Waals surface area contributed by atoms with Crippen molar-refractivity contribution in [2.45, 2.75) is 12.5 Å². The Morgan fingerprint density at radius 1 is 1.05 bits per heavy atom. The molecule has 5 nitrogen and oxygen atoms in total. The number of hydrogen-bond acceptors (Lipinski definition) is 4. The summed E-state index contributed by atoms with van der Waals surface area (Å²) in [5, 5.41) is 16.3. The molecule has 0 radical (unpaired) electrons. The monoisotopic (exact) mass is 338 g/mol. The largest absolute Gasteiger partial charge is 0.478 e.